The molecule has 0 unspecified atom stereocenters. The SMILES string of the molecule is CN(Cc1ccc(Br)s1)C(=O)/C=C/c1cnc2ccccc2n1. The molecular formula is C17H14BrN3OS. The fraction of sp³-hybridized carbons (Fsp3) is 0.118. The third kappa shape index (κ3) is 4.03. The predicted octanol–water partition coefficient (Wildman–Crippen LogP) is 4.13. The van der Waals surface area contributed by atoms with Crippen molar-refractivity contribution in [2.45, 2.75) is 6.54 Å². The molecule has 0 bridgehead atoms. The van der Waals surface area contributed by atoms with Gasteiger partial charge in [0.05, 0.1) is 33.3 Å². The van der Waals surface area contributed by atoms with E-state index in [1.165, 1.54) is 6.08 Å². The van der Waals surface area contributed by atoms with Crippen molar-refractivity contribution in [3.8, 4) is 0 Å². The second-order valence-corrected chi connectivity index (χ2v) is 7.56. The largest absolute Gasteiger partial charge is 0.337 e. The fourth-order valence-corrected chi connectivity index (χ4v) is 3.62. The van der Waals surface area contributed by atoms with Gasteiger partial charge in [-0.05, 0) is 46.3 Å². The van der Waals surface area contributed by atoms with E-state index in [-0.39, 0.29) is 5.91 Å². The summed E-state index contributed by atoms with van der Waals surface area (Å²) in [6.45, 7) is 0.586. The van der Waals surface area contributed by atoms with E-state index < -0.39 is 0 Å². The molecular weight excluding hydrogens is 374 g/mol. The molecule has 3 rings (SSSR count). The van der Waals surface area contributed by atoms with Gasteiger partial charge in [-0.1, -0.05) is 12.1 Å². The quantitative estimate of drug-likeness (QED) is 0.632. The summed E-state index contributed by atoms with van der Waals surface area (Å²) in [5.41, 5.74) is 2.33. The Labute approximate surface area is 146 Å². The molecule has 0 radical (unpaired) electrons. The van der Waals surface area contributed by atoms with Crippen LogP contribution in [0.4, 0.5) is 0 Å². The number of benzene rings is 1. The number of likely N-dealkylation sites (N-methyl/N-ethyl adjacent to an activating group) is 1. The summed E-state index contributed by atoms with van der Waals surface area (Å²) >= 11 is 5.05. The molecule has 0 aliphatic carbocycles. The van der Waals surface area contributed by atoms with E-state index in [1.54, 1.807) is 35.6 Å². The second kappa shape index (κ2) is 7.02. The number of nitrogens with zero attached hydrogens (tertiary/aromatic N) is 3. The lowest BCUT2D eigenvalue weighted by Gasteiger charge is -2.13. The summed E-state index contributed by atoms with van der Waals surface area (Å²) in [6.07, 6.45) is 4.90. The zero-order valence-electron chi connectivity index (χ0n) is 12.4. The monoisotopic (exact) mass is 387 g/mol. The number of hydrogen-bond acceptors (Lipinski definition) is 4. The van der Waals surface area contributed by atoms with Crippen LogP contribution >= 0.6 is 27.3 Å². The van der Waals surface area contributed by atoms with E-state index in [4.69, 9.17) is 0 Å². The number of hydrogen-bond donors (Lipinski definition) is 0. The van der Waals surface area contributed by atoms with E-state index in [0.29, 0.717) is 12.2 Å². The molecule has 2 heterocycles. The maximum absolute atomic E-state index is 12.2. The van der Waals surface area contributed by atoms with Crippen LogP contribution < -0.4 is 0 Å². The zero-order valence-corrected chi connectivity index (χ0v) is 14.8. The number of halogens is 1. The molecule has 4 nitrogen and oxygen atoms in total. The first-order chi connectivity index (χ1) is 11.1. The zero-order chi connectivity index (χ0) is 16.2. The number of carbonyl (C=O) groups is 1. The number of fused-ring (bicyclic) bond motifs is 1. The maximum Gasteiger partial charge on any atom is 0.246 e. The van der Waals surface area contributed by atoms with Crippen LogP contribution in [0.1, 0.15) is 10.6 Å². The number of rotatable bonds is 4. The van der Waals surface area contributed by atoms with Crippen LogP contribution in [0.5, 0.6) is 0 Å². The Kier molecular flexibility index (Phi) is 4.83. The normalized spacial score (nSPS) is 11.2. The van der Waals surface area contributed by atoms with Gasteiger partial charge in [0, 0.05) is 18.0 Å². The van der Waals surface area contributed by atoms with Gasteiger partial charge in [0.15, 0.2) is 0 Å². The van der Waals surface area contributed by atoms with Crippen LogP contribution in [-0.2, 0) is 11.3 Å². The lowest BCUT2D eigenvalue weighted by molar-refractivity contribution is -0.125. The highest BCUT2D eigenvalue weighted by Crippen LogP contribution is 2.23. The lowest BCUT2D eigenvalue weighted by Crippen LogP contribution is -2.23. The van der Waals surface area contributed by atoms with Gasteiger partial charge in [0.2, 0.25) is 5.91 Å². The van der Waals surface area contributed by atoms with Crippen molar-refractivity contribution in [3.63, 3.8) is 0 Å². The van der Waals surface area contributed by atoms with Crippen molar-refractivity contribution in [1.29, 1.82) is 0 Å². The Morgan fingerprint density at radius 3 is 2.78 bits per heavy atom. The van der Waals surface area contributed by atoms with Crippen molar-refractivity contribution in [1.82, 2.24) is 14.9 Å². The maximum atomic E-state index is 12.2. The molecule has 1 amide bonds. The molecule has 0 saturated carbocycles. The van der Waals surface area contributed by atoms with Crippen LogP contribution in [0.2, 0.25) is 0 Å². The topological polar surface area (TPSA) is 46.1 Å². The van der Waals surface area contributed by atoms with Crippen LogP contribution in [0, 0.1) is 0 Å². The van der Waals surface area contributed by atoms with Crippen molar-refractivity contribution < 1.29 is 4.79 Å². The van der Waals surface area contributed by atoms with Crippen molar-refractivity contribution in [2.75, 3.05) is 7.05 Å². The Balaban J connectivity index is 1.68. The molecule has 0 aliphatic heterocycles. The third-order valence-electron chi connectivity index (χ3n) is 3.26. The van der Waals surface area contributed by atoms with E-state index in [9.17, 15) is 4.79 Å². The Morgan fingerprint density at radius 1 is 1.26 bits per heavy atom. The lowest BCUT2D eigenvalue weighted by atomic mass is 10.3. The highest BCUT2D eigenvalue weighted by Gasteiger charge is 2.07. The molecule has 6 heteroatoms. The predicted molar refractivity (Wildman–Crippen MR) is 97.1 cm³/mol. The number of carbonyl (C=O) groups excluding carboxylic acids is 1. The van der Waals surface area contributed by atoms with Crippen LogP contribution in [0.25, 0.3) is 17.1 Å². The van der Waals surface area contributed by atoms with Gasteiger partial charge in [0.25, 0.3) is 0 Å². The van der Waals surface area contributed by atoms with Gasteiger partial charge in [0.1, 0.15) is 0 Å². The summed E-state index contributed by atoms with van der Waals surface area (Å²) in [5.74, 6) is -0.0653. The minimum Gasteiger partial charge on any atom is -0.337 e. The molecule has 2 aromatic heterocycles. The van der Waals surface area contributed by atoms with Crippen molar-refractivity contribution in [3.05, 3.63) is 63.0 Å². The third-order valence-corrected chi connectivity index (χ3v) is 4.87. The van der Waals surface area contributed by atoms with Crippen LogP contribution in [0.3, 0.4) is 0 Å². The Hall–Kier alpha value is -2.05. The van der Waals surface area contributed by atoms with Crippen molar-refractivity contribution >= 4 is 50.3 Å². The standard InChI is InChI=1S/C17H14BrN3OS/c1-21(11-13-7-8-16(18)23-13)17(22)9-6-12-10-19-14-4-2-3-5-15(14)20-12/h2-10H,11H2,1H3/b9-6+. The van der Waals surface area contributed by atoms with E-state index in [2.05, 4.69) is 25.9 Å². The fourth-order valence-electron chi connectivity index (χ4n) is 2.08. The van der Waals surface area contributed by atoms with Crippen LogP contribution in [0.15, 0.2) is 52.5 Å². The smallest absolute Gasteiger partial charge is 0.246 e. The summed E-state index contributed by atoms with van der Waals surface area (Å²) in [5, 5.41) is 0. The van der Waals surface area contributed by atoms with Gasteiger partial charge < -0.3 is 4.90 Å². The first-order valence-corrected chi connectivity index (χ1v) is 8.62. The van der Waals surface area contributed by atoms with E-state index in [1.807, 2.05) is 36.4 Å². The molecule has 0 N–H and O–H groups in total. The molecule has 0 spiro atoms. The summed E-state index contributed by atoms with van der Waals surface area (Å²) < 4.78 is 1.07. The average Bonchev–Trinajstić information content (AvgIpc) is 2.97. The summed E-state index contributed by atoms with van der Waals surface area (Å²) in [7, 11) is 1.78. The molecule has 23 heavy (non-hydrogen) atoms. The summed E-state index contributed by atoms with van der Waals surface area (Å²) in [6, 6.07) is 11.7. The number of amides is 1. The average molecular weight is 388 g/mol. The number of aromatic nitrogens is 2. The van der Waals surface area contributed by atoms with Crippen molar-refractivity contribution in [2.24, 2.45) is 0 Å². The first kappa shape index (κ1) is 15.8. The van der Waals surface area contributed by atoms with Gasteiger partial charge in [-0.25, -0.2) is 4.98 Å². The minimum atomic E-state index is -0.0653. The molecule has 0 fully saturated rings. The molecule has 3 aromatic rings. The molecule has 0 atom stereocenters. The molecule has 1 aromatic carbocycles. The van der Waals surface area contributed by atoms with Gasteiger partial charge in [-0.15, -0.1) is 11.3 Å². The van der Waals surface area contributed by atoms with Gasteiger partial charge in [-0.2, -0.15) is 0 Å². The molecule has 0 aliphatic rings. The van der Waals surface area contributed by atoms with E-state index in [0.717, 1.165) is 19.7 Å². The Morgan fingerprint density at radius 2 is 2.04 bits per heavy atom. The highest BCUT2D eigenvalue weighted by molar-refractivity contribution is 9.11. The van der Waals surface area contributed by atoms with Crippen LogP contribution in [-0.4, -0.2) is 27.8 Å². The van der Waals surface area contributed by atoms with Gasteiger partial charge in [-0.3, -0.25) is 9.78 Å². The Bertz CT molecular complexity index is 875. The molecule has 0 saturated heterocycles. The van der Waals surface area contributed by atoms with Gasteiger partial charge >= 0.3 is 0 Å². The number of thiophene rings is 1. The number of para-hydroxylation sites is 2. The summed E-state index contributed by atoms with van der Waals surface area (Å²) in [4.78, 5) is 23.8. The minimum absolute atomic E-state index is 0.0653. The van der Waals surface area contributed by atoms with E-state index >= 15 is 0 Å². The molecule has 116 valence electrons. The first-order valence-electron chi connectivity index (χ1n) is 7.01. The highest BCUT2D eigenvalue weighted by atomic mass is 79.9. The second-order valence-electron chi connectivity index (χ2n) is 5.02.